The van der Waals surface area contributed by atoms with Crippen molar-refractivity contribution in [3.63, 3.8) is 0 Å². The monoisotopic (exact) mass is 512 g/mol. The number of nitriles is 1. The quantitative estimate of drug-likeness (QED) is 0.425. The third kappa shape index (κ3) is 6.39. The summed E-state index contributed by atoms with van der Waals surface area (Å²) in [6, 6.07) is 24.2. The largest absolute Gasteiger partial charge is 0.372 e. The Kier molecular flexibility index (Phi) is 8.32. The molecule has 0 aliphatic carbocycles. The Morgan fingerprint density at radius 3 is 2.37 bits per heavy atom. The Hall–Kier alpha value is -3.73. The highest BCUT2D eigenvalue weighted by atomic mass is 19.1. The van der Waals surface area contributed by atoms with Crippen molar-refractivity contribution in [1.82, 2.24) is 9.80 Å². The van der Waals surface area contributed by atoms with Gasteiger partial charge in [0.25, 0.3) is 5.91 Å². The van der Waals surface area contributed by atoms with E-state index in [0.717, 1.165) is 37.3 Å². The lowest BCUT2D eigenvalue weighted by molar-refractivity contribution is 0.00343. The van der Waals surface area contributed by atoms with Gasteiger partial charge in [0.05, 0.1) is 24.3 Å². The van der Waals surface area contributed by atoms with Crippen molar-refractivity contribution in [2.75, 3.05) is 50.7 Å². The second-order valence-electron chi connectivity index (χ2n) is 10.0. The van der Waals surface area contributed by atoms with Crippen LogP contribution in [0.2, 0.25) is 0 Å². The van der Waals surface area contributed by atoms with Gasteiger partial charge in [-0.25, -0.2) is 4.39 Å². The number of ether oxygens (including phenoxy) is 1. The first-order chi connectivity index (χ1) is 18.6. The molecule has 2 aliphatic rings. The molecule has 1 atom stereocenters. The molecule has 2 fully saturated rings. The lowest BCUT2D eigenvalue weighted by Gasteiger charge is -2.36. The van der Waals surface area contributed by atoms with E-state index in [1.54, 1.807) is 17.0 Å². The predicted molar refractivity (Wildman–Crippen MR) is 145 cm³/mol. The number of benzene rings is 3. The average molecular weight is 513 g/mol. The number of rotatable bonds is 8. The summed E-state index contributed by atoms with van der Waals surface area (Å²) >= 11 is 0. The molecule has 3 aromatic rings. The Balaban J connectivity index is 1.26. The third-order valence-corrected chi connectivity index (χ3v) is 7.40. The van der Waals surface area contributed by atoms with Crippen molar-refractivity contribution in [3.05, 3.63) is 101 Å². The molecule has 38 heavy (non-hydrogen) atoms. The van der Waals surface area contributed by atoms with E-state index in [1.807, 2.05) is 24.3 Å². The van der Waals surface area contributed by atoms with Crippen LogP contribution in [0.15, 0.2) is 72.8 Å². The average Bonchev–Trinajstić information content (AvgIpc) is 3.51. The van der Waals surface area contributed by atoms with E-state index in [9.17, 15) is 9.18 Å². The molecular weight excluding hydrogens is 479 g/mol. The number of hydrogen-bond acceptors (Lipinski definition) is 5. The van der Waals surface area contributed by atoms with E-state index >= 15 is 0 Å². The van der Waals surface area contributed by atoms with Gasteiger partial charge in [-0.15, -0.1) is 0 Å². The zero-order valence-electron chi connectivity index (χ0n) is 21.6. The normalized spacial score (nSPS) is 16.8. The van der Waals surface area contributed by atoms with Crippen molar-refractivity contribution in [2.24, 2.45) is 0 Å². The van der Waals surface area contributed by atoms with Gasteiger partial charge >= 0.3 is 0 Å². The molecule has 0 unspecified atom stereocenters. The second-order valence-corrected chi connectivity index (χ2v) is 10.0. The zero-order chi connectivity index (χ0) is 26.3. The standard InChI is InChI=1S/C31H33FN4O2/c32-28-7-3-6-27(19-28)31(37)36-17-15-34(16-18-36)22-30(38-23-25-11-9-24(21-33)10-12-25)26-5-4-8-29(20-26)35-13-1-2-14-35/h3-12,19-20,30H,1-2,13-18,22-23H2/t30-/m0/s1. The van der Waals surface area contributed by atoms with Crippen molar-refractivity contribution in [2.45, 2.75) is 25.6 Å². The molecule has 7 heteroatoms. The molecule has 2 aliphatic heterocycles. The van der Waals surface area contributed by atoms with Gasteiger partial charge in [-0.05, 0) is 66.4 Å². The van der Waals surface area contributed by atoms with E-state index in [2.05, 4.69) is 40.1 Å². The molecule has 0 saturated carbocycles. The molecule has 1 amide bonds. The van der Waals surface area contributed by atoms with E-state index in [4.69, 9.17) is 10.00 Å². The minimum absolute atomic E-state index is 0.129. The van der Waals surface area contributed by atoms with Gasteiger partial charge in [-0.1, -0.05) is 30.3 Å². The first-order valence-electron chi connectivity index (χ1n) is 13.3. The Morgan fingerprint density at radius 1 is 0.921 bits per heavy atom. The lowest BCUT2D eigenvalue weighted by Crippen LogP contribution is -2.49. The predicted octanol–water partition coefficient (Wildman–Crippen LogP) is 5.01. The van der Waals surface area contributed by atoms with Crippen LogP contribution in [0.5, 0.6) is 0 Å². The molecule has 0 radical (unpaired) electrons. The van der Waals surface area contributed by atoms with Crippen LogP contribution in [-0.2, 0) is 11.3 Å². The Labute approximate surface area is 223 Å². The van der Waals surface area contributed by atoms with Crippen molar-refractivity contribution in [1.29, 1.82) is 5.26 Å². The van der Waals surface area contributed by atoms with Gasteiger partial charge in [-0.2, -0.15) is 5.26 Å². The molecule has 0 bridgehead atoms. The summed E-state index contributed by atoms with van der Waals surface area (Å²) in [5.74, 6) is -0.524. The SMILES string of the molecule is N#Cc1ccc(CO[C@@H](CN2CCN(C(=O)c3cccc(F)c3)CC2)c2cccc(N3CCCC3)c2)cc1. The number of nitrogens with zero attached hydrogens (tertiary/aromatic N) is 4. The zero-order valence-corrected chi connectivity index (χ0v) is 21.6. The van der Waals surface area contributed by atoms with Gasteiger partial charge in [0.2, 0.25) is 0 Å². The van der Waals surface area contributed by atoms with Crippen molar-refractivity contribution in [3.8, 4) is 6.07 Å². The molecule has 0 spiro atoms. The Bertz CT molecular complexity index is 1280. The number of hydrogen-bond donors (Lipinski definition) is 0. The summed E-state index contributed by atoms with van der Waals surface area (Å²) in [7, 11) is 0. The summed E-state index contributed by atoms with van der Waals surface area (Å²) in [6.45, 7) is 5.96. The summed E-state index contributed by atoms with van der Waals surface area (Å²) in [5.41, 5.74) is 4.42. The van der Waals surface area contributed by atoms with E-state index in [0.29, 0.717) is 37.4 Å². The molecule has 0 aromatic heterocycles. The van der Waals surface area contributed by atoms with Crippen LogP contribution in [0, 0.1) is 17.1 Å². The minimum atomic E-state index is -0.395. The topological polar surface area (TPSA) is 59.8 Å². The highest BCUT2D eigenvalue weighted by Gasteiger charge is 2.25. The summed E-state index contributed by atoms with van der Waals surface area (Å²) < 4.78 is 20.1. The fourth-order valence-electron chi connectivity index (χ4n) is 5.20. The molecule has 2 heterocycles. The van der Waals surface area contributed by atoms with Gasteiger partial charge in [0, 0.05) is 57.1 Å². The molecule has 5 rings (SSSR count). The van der Waals surface area contributed by atoms with Gasteiger partial charge in [0.15, 0.2) is 0 Å². The fraction of sp³-hybridized carbons (Fsp3) is 0.355. The molecule has 6 nitrogen and oxygen atoms in total. The fourth-order valence-corrected chi connectivity index (χ4v) is 5.20. The van der Waals surface area contributed by atoms with Crippen LogP contribution in [-0.4, -0.2) is 61.5 Å². The smallest absolute Gasteiger partial charge is 0.254 e. The summed E-state index contributed by atoms with van der Waals surface area (Å²) in [4.78, 5) is 19.4. The highest BCUT2D eigenvalue weighted by molar-refractivity contribution is 5.94. The molecule has 3 aromatic carbocycles. The van der Waals surface area contributed by atoms with Crippen LogP contribution < -0.4 is 4.90 Å². The van der Waals surface area contributed by atoms with Crippen LogP contribution in [0.25, 0.3) is 0 Å². The van der Waals surface area contributed by atoms with Crippen LogP contribution in [0.3, 0.4) is 0 Å². The summed E-state index contributed by atoms with van der Waals surface area (Å²) in [5, 5.41) is 9.09. The second kappa shape index (κ2) is 12.2. The van der Waals surface area contributed by atoms with Crippen molar-refractivity contribution >= 4 is 11.6 Å². The van der Waals surface area contributed by atoms with Gasteiger partial charge in [0.1, 0.15) is 5.82 Å². The van der Waals surface area contributed by atoms with Gasteiger partial charge in [-0.3, -0.25) is 9.69 Å². The number of amides is 1. The maximum absolute atomic E-state index is 13.6. The first kappa shape index (κ1) is 25.9. The van der Waals surface area contributed by atoms with E-state index < -0.39 is 5.82 Å². The Morgan fingerprint density at radius 2 is 1.66 bits per heavy atom. The van der Waals surface area contributed by atoms with E-state index in [-0.39, 0.29) is 12.0 Å². The minimum Gasteiger partial charge on any atom is -0.372 e. The number of halogens is 1. The van der Waals surface area contributed by atoms with Crippen LogP contribution in [0.4, 0.5) is 10.1 Å². The molecule has 196 valence electrons. The summed E-state index contributed by atoms with van der Waals surface area (Å²) in [6.07, 6.45) is 2.31. The van der Waals surface area contributed by atoms with Gasteiger partial charge < -0.3 is 14.5 Å². The molecule has 2 saturated heterocycles. The van der Waals surface area contributed by atoms with Crippen LogP contribution in [0.1, 0.15) is 46.0 Å². The number of carbonyl (C=O) groups is 1. The van der Waals surface area contributed by atoms with Crippen molar-refractivity contribution < 1.29 is 13.9 Å². The highest BCUT2D eigenvalue weighted by Crippen LogP contribution is 2.28. The lowest BCUT2D eigenvalue weighted by atomic mass is 10.1. The maximum atomic E-state index is 13.6. The molecular formula is C31H33FN4O2. The first-order valence-corrected chi connectivity index (χ1v) is 13.3. The molecule has 0 N–H and O–H groups in total. The number of carbonyl (C=O) groups excluding carboxylic acids is 1. The number of anilines is 1. The van der Waals surface area contributed by atoms with E-state index in [1.165, 1.54) is 30.7 Å². The third-order valence-electron chi connectivity index (χ3n) is 7.40. The maximum Gasteiger partial charge on any atom is 0.254 e. The van der Waals surface area contributed by atoms with Crippen LogP contribution >= 0.6 is 0 Å². The number of piperazine rings is 1.